The van der Waals surface area contributed by atoms with Crippen LogP contribution in [0.5, 0.6) is 0 Å². The smallest absolute Gasteiger partial charge is 0.156 e. The molecule has 5 heteroatoms. The highest BCUT2D eigenvalue weighted by atomic mass is 32.2. The van der Waals surface area contributed by atoms with Gasteiger partial charge in [0.2, 0.25) is 0 Å². The SMILES string of the molecule is CCCNCc1ccc(Sc2nccs2)nc1. The van der Waals surface area contributed by atoms with E-state index in [1.165, 1.54) is 5.56 Å². The number of pyridine rings is 1. The first-order valence-corrected chi connectivity index (χ1v) is 7.31. The summed E-state index contributed by atoms with van der Waals surface area (Å²) in [5.74, 6) is 0. The number of aromatic nitrogens is 2. The van der Waals surface area contributed by atoms with Crippen LogP contribution in [0.3, 0.4) is 0 Å². The van der Waals surface area contributed by atoms with E-state index in [9.17, 15) is 0 Å². The summed E-state index contributed by atoms with van der Waals surface area (Å²) in [5, 5.41) is 6.34. The molecular weight excluding hydrogens is 250 g/mol. The molecule has 0 aromatic carbocycles. The van der Waals surface area contributed by atoms with Crippen molar-refractivity contribution in [3.05, 3.63) is 35.5 Å². The maximum atomic E-state index is 4.42. The lowest BCUT2D eigenvalue weighted by molar-refractivity contribution is 0.673. The third-order valence-electron chi connectivity index (χ3n) is 2.16. The predicted molar refractivity (Wildman–Crippen MR) is 72.5 cm³/mol. The number of thiazole rings is 1. The molecule has 0 amide bonds. The van der Waals surface area contributed by atoms with Gasteiger partial charge in [0.05, 0.1) is 0 Å². The van der Waals surface area contributed by atoms with Crippen molar-refractivity contribution in [2.75, 3.05) is 6.54 Å². The first-order valence-electron chi connectivity index (χ1n) is 5.61. The van der Waals surface area contributed by atoms with E-state index >= 15 is 0 Å². The lowest BCUT2D eigenvalue weighted by atomic mass is 10.3. The Morgan fingerprint density at radius 3 is 2.94 bits per heavy atom. The highest BCUT2D eigenvalue weighted by Crippen LogP contribution is 2.27. The van der Waals surface area contributed by atoms with Gasteiger partial charge in [-0.3, -0.25) is 0 Å². The van der Waals surface area contributed by atoms with E-state index < -0.39 is 0 Å². The summed E-state index contributed by atoms with van der Waals surface area (Å²) in [6.07, 6.45) is 4.90. The van der Waals surface area contributed by atoms with Crippen LogP contribution >= 0.6 is 23.1 Å². The number of nitrogens with one attached hydrogen (secondary N) is 1. The normalized spacial score (nSPS) is 10.6. The Labute approximate surface area is 110 Å². The average molecular weight is 265 g/mol. The van der Waals surface area contributed by atoms with Crippen molar-refractivity contribution >= 4 is 23.1 Å². The van der Waals surface area contributed by atoms with Crippen molar-refractivity contribution < 1.29 is 0 Å². The fraction of sp³-hybridized carbons (Fsp3) is 0.333. The Kier molecular flexibility index (Phi) is 4.97. The van der Waals surface area contributed by atoms with Gasteiger partial charge in [-0.25, -0.2) is 9.97 Å². The third-order valence-corrected chi connectivity index (χ3v) is 3.99. The average Bonchev–Trinajstić information content (AvgIpc) is 2.85. The zero-order chi connectivity index (χ0) is 11.9. The molecule has 0 aliphatic rings. The van der Waals surface area contributed by atoms with Crippen molar-refractivity contribution in [1.82, 2.24) is 15.3 Å². The molecule has 0 saturated heterocycles. The Morgan fingerprint density at radius 2 is 2.29 bits per heavy atom. The molecule has 3 nitrogen and oxygen atoms in total. The lowest BCUT2D eigenvalue weighted by Crippen LogP contribution is -2.13. The summed E-state index contributed by atoms with van der Waals surface area (Å²) in [4.78, 5) is 8.65. The van der Waals surface area contributed by atoms with Crippen molar-refractivity contribution in [3.8, 4) is 0 Å². The minimum absolute atomic E-state index is 0.892. The summed E-state index contributed by atoms with van der Waals surface area (Å²) in [6, 6.07) is 4.17. The lowest BCUT2D eigenvalue weighted by Gasteiger charge is -2.03. The molecule has 2 heterocycles. The van der Waals surface area contributed by atoms with E-state index in [-0.39, 0.29) is 0 Å². The predicted octanol–water partition coefficient (Wildman–Crippen LogP) is 3.19. The van der Waals surface area contributed by atoms with Crippen LogP contribution in [-0.4, -0.2) is 16.5 Å². The van der Waals surface area contributed by atoms with Crippen molar-refractivity contribution in [2.45, 2.75) is 29.3 Å². The Hall–Kier alpha value is -0.910. The fourth-order valence-electron chi connectivity index (χ4n) is 1.34. The molecule has 0 atom stereocenters. The first kappa shape index (κ1) is 12.5. The number of rotatable bonds is 6. The Balaban J connectivity index is 1.89. The zero-order valence-corrected chi connectivity index (χ0v) is 11.4. The van der Waals surface area contributed by atoms with Gasteiger partial charge >= 0.3 is 0 Å². The second-order valence-electron chi connectivity index (χ2n) is 3.58. The maximum absolute atomic E-state index is 4.42. The van der Waals surface area contributed by atoms with E-state index in [4.69, 9.17) is 0 Å². The molecule has 0 unspecified atom stereocenters. The minimum Gasteiger partial charge on any atom is -0.313 e. The summed E-state index contributed by atoms with van der Waals surface area (Å²) in [6.45, 7) is 4.11. The molecular formula is C12H15N3S2. The van der Waals surface area contributed by atoms with E-state index in [2.05, 4.69) is 34.3 Å². The van der Waals surface area contributed by atoms with Gasteiger partial charge in [-0.1, -0.05) is 13.0 Å². The first-order chi connectivity index (χ1) is 8.38. The molecule has 2 aromatic rings. The summed E-state index contributed by atoms with van der Waals surface area (Å²) in [5.41, 5.74) is 1.22. The van der Waals surface area contributed by atoms with E-state index in [1.54, 1.807) is 23.1 Å². The second-order valence-corrected chi connectivity index (χ2v) is 5.74. The van der Waals surface area contributed by atoms with Crippen LogP contribution in [-0.2, 0) is 6.54 Å². The topological polar surface area (TPSA) is 37.8 Å². The second kappa shape index (κ2) is 6.74. The van der Waals surface area contributed by atoms with Crippen LogP contribution in [0.25, 0.3) is 0 Å². The third kappa shape index (κ3) is 4.11. The van der Waals surface area contributed by atoms with Gasteiger partial charge in [-0.15, -0.1) is 11.3 Å². The van der Waals surface area contributed by atoms with Gasteiger partial charge in [0.25, 0.3) is 0 Å². The van der Waals surface area contributed by atoms with Gasteiger partial charge < -0.3 is 5.32 Å². The van der Waals surface area contributed by atoms with Gasteiger partial charge in [0.15, 0.2) is 4.34 Å². The minimum atomic E-state index is 0.892. The number of hydrogen-bond donors (Lipinski definition) is 1. The molecule has 2 aromatic heterocycles. The van der Waals surface area contributed by atoms with Crippen molar-refractivity contribution in [1.29, 1.82) is 0 Å². The van der Waals surface area contributed by atoms with Gasteiger partial charge in [-0.05, 0) is 36.4 Å². The van der Waals surface area contributed by atoms with E-state index in [0.29, 0.717) is 0 Å². The van der Waals surface area contributed by atoms with Crippen molar-refractivity contribution in [3.63, 3.8) is 0 Å². The maximum Gasteiger partial charge on any atom is 0.156 e. The largest absolute Gasteiger partial charge is 0.313 e. The Morgan fingerprint density at radius 1 is 1.35 bits per heavy atom. The molecule has 2 rings (SSSR count). The molecule has 90 valence electrons. The molecule has 0 fully saturated rings. The number of hydrogen-bond acceptors (Lipinski definition) is 5. The van der Waals surface area contributed by atoms with Gasteiger partial charge in [0, 0.05) is 24.3 Å². The molecule has 0 aliphatic carbocycles. The van der Waals surface area contributed by atoms with Crippen LogP contribution in [0.15, 0.2) is 39.3 Å². The molecule has 0 aliphatic heterocycles. The van der Waals surface area contributed by atoms with Crippen LogP contribution in [0, 0.1) is 0 Å². The fourth-order valence-corrected chi connectivity index (χ4v) is 2.84. The summed E-state index contributed by atoms with van der Waals surface area (Å²) >= 11 is 3.25. The molecule has 17 heavy (non-hydrogen) atoms. The molecule has 0 spiro atoms. The van der Waals surface area contributed by atoms with Crippen molar-refractivity contribution in [2.24, 2.45) is 0 Å². The van der Waals surface area contributed by atoms with Crippen LogP contribution in [0.4, 0.5) is 0 Å². The molecule has 0 bridgehead atoms. The van der Waals surface area contributed by atoms with Crippen LogP contribution in [0.1, 0.15) is 18.9 Å². The zero-order valence-electron chi connectivity index (χ0n) is 9.72. The molecule has 0 radical (unpaired) electrons. The van der Waals surface area contributed by atoms with E-state index in [0.717, 1.165) is 28.9 Å². The molecule has 0 saturated carbocycles. The Bertz CT molecular complexity index is 426. The highest BCUT2D eigenvalue weighted by molar-refractivity contribution is 8.00. The van der Waals surface area contributed by atoms with Gasteiger partial charge in [0.1, 0.15) is 5.03 Å². The number of nitrogens with zero attached hydrogens (tertiary/aromatic N) is 2. The summed E-state index contributed by atoms with van der Waals surface area (Å²) < 4.78 is 1.04. The van der Waals surface area contributed by atoms with Crippen LogP contribution < -0.4 is 5.32 Å². The monoisotopic (exact) mass is 265 g/mol. The van der Waals surface area contributed by atoms with E-state index in [1.807, 2.05) is 17.8 Å². The standard InChI is InChI=1S/C12H15N3S2/c1-2-5-13-8-10-3-4-11(15-9-10)17-12-14-6-7-16-12/h3-4,6-7,9,13H,2,5,8H2,1H3. The quantitative estimate of drug-likeness (QED) is 0.814. The van der Waals surface area contributed by atoms with Gasteiger partial charge in [-0.2, -0.15) is 0 Å². The molecule has 1 N–H and O–H groups in total. The summed E-state index contributed by atoms with van der Waals surface area (Å²) in [7, 11) is 0. The van der Waals surface area contributed by atoms with Crippen LogP contribution in [0.2, 0.25) is 0 Å². The highest BCUT2D eigenvalue weighted by Gasteiger charge is 2.01.